The van der Waals surface area contributed by atoms with Gasteiger partial charge in [-0.1, -0.05) is 31.2 Å². The Bertz CT molecular complexity index is 788. The lowest BCUT2D eigenvalue weighted by molar-refractivity contribution is 0.0776. The second-order valence-corrected chi connectivity index (χ2v) is 7.29. The van der Waals surface area contributed by atoms with E-state index in [1.54, 1.807) is 19.2 Å². The molecule has 0 amide bonds. The van der Waals surface area contributed by atoms with Crippen LogP contribution in [0.3, 0.4) is 0 Å². The molecule has 2 aliphatic carbocycles. The van der Waals surface area contributed by atoms with E-state index < -0.39 is 11.8 Å². The molecule has 1 aromatic rings. The van der Waals surface area contributed by atoms with Crippen molar-refractivity contribution in [1.82, 2.24) is 16.0 Å². The number of Topliss-reactive ketones (excluding diaryl/α,β-unsaturated/α-hetero) is 2. The molecule has 5 nitrogen and oxygen atoms in total. The molecular formula is C22H30BrN3O2. The molecule has 1 aromatic carbocycles. The minimum Gasteiger partial charge on any atom is -0.391 e. The molecule has 3 N–H and O–H groups in total. The largest absolute Gasteiger partial charge is 0.391 e. The molecule has 152 valence electrons. The van der Waals surface area contributed by atoms with Crippen LogP contribution in [0.1, 0.15) is 47.4 Å². The first-order chi connectivity index (χ1) is 13.1. The Morgan fingerprint density at radius 2 is 1.54 bits per heavy atom. The Hall–Kier alpha value is -1.92. The summed E-state index contributed by atoms with van der Waals surface area (Å²) in [7, 11) is 1.80. The lowest BCUT2D eigenvalue weighted by Crippen LogP contribution is -2.45. The number of carbonyl (C=O) groups excluding carboxylic acids is 2. The van der Waals surface area contributed by atoms with Crippen molar-refractivity contribution in [3.8, 4) is 0 Å². The number of hydrogen-bond donors (Lipinski definition) is 3. The molecule has 3 rings (SSSR count). The summed E-state index contributed by atoms with van der Waals surface area (Å²) in [5.74, 6) is -0.910. The SMILES string of the molecule is Br.CCCNC(C)CCNC1=CC=C(NC)C2C(=O)c3ccccc3C(=O)C12. The number of allylic oxidation sites excluding steroid dienone is 4. The molecule has 0 aromatic heterocycles. The second-order valence-electron chi connectivity index (χ2n) is 7.29. The smallest absolute Gasteiger partial charge is 0.173 e. The first-order valence-electron chi connectivity index (χ1n) is 9.82. The van der Waals surface area contributed by atoms with Gasteiger partial charge >= 0.3 is 0 Å². The van der Waals surface area contributed by atoms with E-state index in [2.05, 4.69) is 29.8 Å². The van der Waals surface area contributed by atoms with Crippen molar-refractivity contribution < 1.29 is 9.59 Å². The van der Waals surface area contributed by atoms with Crippen LogP contribution < -0.4 is 16.0 Å². The minimum absolute atomic E-state index is 0. The molecule has 6 heteroatoms. The zero-order valence-corrected chi connectivity index (χ0v) is 18.5. The third-order valence-electron chi connectivity index (χ3n) is 5.41. The summed E-state index contributed by atoms with van der Waals surface area (Å²) in [5, 5.41) is 10.0. The first kappa shape index (κ1) is 22.4. The van der Waals surface area contributed by atoms with Gasteiger partial charge in [-0.2, -0.15) is 0 Å². The van der Waals surface area contributed by atoms with E-state index in [0.717, 1.165) is 37.3 Å². The van der Waals surface area contributed by atoms with Crippen molar-refractivity contribution >= 4 is 28.5 Å². The monoisotopic (exact) mass is 447 g/mol. The highest BCUT2D eigenvalue weighted by Crippen LogP contribution is 2.39. The number of carbonyl (C=O) groups is 2. The van der Waals surface area contributed by atoms with Crippen LogP contribution in [0, 0.1) is 11.8 Å². The maximum absolute atomic E-state index is 13.2. The summed E-state index contributed by atoms with van der Waals surface area (Å²) in [6.45, 7) is 6.09. The van der Waals surface area contributed by atoms with Gasteiger partial charge in [0.2, 0.25) is 0 Å². The van der Waals surface area contributed by atoms with E-state index in [1.807, 2.05) is 24.3 Å². The van der Waals surface area contributed by atoms with Gasteiger partial charge in [0, 0.05) is 42.2 Å². The Labute approximate surface area is 177 Å². The van der Waals surface area contributed by atoms with Crippen molar-refractivity contribution in [2.45, 2.75) is 32.7 Å². The topological polar surface area (TPSA) is 70.2 Å². The van der Waals surface area contributed by atoms with E-state index in [1.165, 1.54) is 0 Å². The number of ketones is 2. The van der Waals surface area contributed by atoms with E-state index in [-0.39, 0.29) is 28.5 Å². The highest BCUT2D eigenvalue weighted by molar-refractivity contribution is 8.93. The van der Waals surface area contributed by atoms with Crippen LogP contribution in [0.15, 0.2) is 47.8 Å². The molecule has 0 aliphatic heterocycles. The van der Waals surface area contributed by atoms with Crippen molar-refractivity contribution in [3.63, 3.8) is 0 Å². The number of fused-ring (bicyclic) bond motifs is 2. The van der Waals surface area contributed by atoms with Crippen LogP contribution in [-0.4, -0.2) is 37.7 Å². The van der Waals surface area contributed by atoms with E-state index in [4.69, 9.17) is 0 Å². The van der Waals surface area contributed by atoms with Crippen molar-refractivity contribution in [2.75, 3.05) is 20.1 Å². The Morgan fingerprint density at radius 3 is 2.11 bits per heavy atom. The number of halogens is 1. The van der Waals surface area contributed by atoms with E-state index >= 15 is 0 Å². The van der Waals surface area contributed by atoms with Gasteiger partial charge in [-0.15, -0.1) is 17.0 Å². The molecule has 0 radical (unpaired) electrons. The molecule has 3 unspecified atom stereocenters. The average molecular weight is 448 g/mol. The maximum Gasteiger partial charge on any atom is 0.173 e. The molecule has 3 atom stereocenters. The molecule has 0 heterocycles. The van der Waals surface area contributed by atoms with Gasteiger partial charge in [0.05, 0.1) is 11.8 Å². The summed E-state index contributed by atoms with van der Waals surface area (Å²) in [5.41, 5.74) is 2.71. The van der Waals surface area contributed by atoms with Gasteiger partial charge in [-0.05, 0) is 38.5 Å². The minimum atomic E-state index is -0.473. The molecule has 0 fully saturated rings. The summed E-state index contributed by atoms with van der Waals surface area (Å²) < 4.78 is 0. The fourth-order valence-corrected chi connectivity index (χ4v) is 3.91. The normalized spacial score (nSPS) is 21.5. The molecule has 28 heavy (non-hydrogen) atoms. The average Bonchev–Trinajstić information content (AvgIpc) is 2.70. The molecule has 0 bridgehead atoms. The molecule has 0 saturated heterocycles. The molecule has 0 saturated carbocycles. The van der Waals surface area contributed by atoms with Crippen LogP contribution in [0.25, 0.3) is 0 Å². The Morgan fingerprint density at radius 1 is 0.964 bits per heavy atom. The van der Waals surface area contributed by atoms with Crippen molar-refractivity contribution in [1.29, 1.82) is 0 Å². The second kappa shape index (κ2) is 10.0. The van der Waals surface area contributed by atoms with Crippen LogP contribution in [0.5, 0.6) is 0 Å². The van der Waals surface area contributed by atoms with Gasteiger partial charge in [-0.3, -0.25) is 9.59 Å². The highest BCUT2D eigenvalue weighted by atomic mass is 79.9. The third-order valence-corrected chi connectivity index (χ3v) is 5.41. The number of hydrogen-bond acceptors (Lipinski definition) is 5. The van der Waals surface area contributed by atoms with Crippen LogP contribution in [0.2, 0.25) is 0 Å². The van der Waals surface area contributed by atoms with Crippen LogP contribution >= 0.6 is 17.0 Å². The number of benzene rings is 1. The highest BCUT2D eigenvalue weighted by Gasteiger charge is 2.46. The lowest BCUT2D eigenvalue weighted by Gasteiger charge is -2.36. The fourth-order valence-electron chi connectivity index (χ4n) is 3.91. The quantitative estimate of drug-likeness (QED) is 0.570. The maximum atomic E-state index is 13.2. The zero-order valence-electron chi connectivity index (χ0n) is 16.7. The number of nitrogens with one attached hydrogen (secondary N) is 3. The lowest BCUT2D eigenvalue weighted by atomic mass is 9.69. The van der Waals surface area contributed by atoms with Gasteiger partial charge in [0.1, 0.15) is 0 Å². The Balaban J connectivity index is 0.00000280. The van der Waals surface area contributed by atoms with Gasteiger partial charge < -0.3 is 16.0 Å². The van der Waals surface area contributed by atoms with Gasteiger partial charge in [0.25, 0.3) is 0 Å². The van der Waals surface area contributed by atoms with E-state index in [0.29, 0.717) is 17.2 Å². The number of rotatable bonds is 8. The first-order valence-corrected chi connectivity index (χ1v) is 9.82. The van der Waals surface area contributed by atoms with Crippen LogP contribution in [0.4, 0.5) is 0 Å². The molecular weight excluding hydrogens is 418 g/mol. The fraction of sp³-hybridized carbons (Fsp3) is 0.455. The van der Waals surface area contributed by atoms with Crippen molar-refractivity contribution in [3.05, 3.63) is 58.9 Å². The standard InChI is InChI=1S/C22H29N3O2.BrH/c1-4-12-24-14(2)11-13-25-18-10-9-17(23-3)19-20(18)22(27)16-8-6-5-7-15(16)21(19)26;/h5-10,14,19-20,23-25H,4,11-13H2,1-3H3;1H. The van der Waals surface area contributed by atoms with Crippen LogP contribution in [-0.2, 0) is 0 Å². The predicted molar refractivity (Wildman–Crippen MR) is 118 cm³/mol. The van der Waals surface area contributed by atoms with Gasteiger partial charge in [-0.25, -0.2) is 0 Å². The molecule has 0 spiro atoms. The van der Waals surface area contributed by atoms with E-state index in [9.17, 15) is 9.59 Å². The zero-order chi connectivity index (χ0) is 19.4. The summed E-state index contributed by atoms with van der Waals surface area (Å²) in [6, 6.07) is 7.56. The van der Waals surface area contributed by atoms with Gasteiger partial charge in [0.15, 0.2) is 11.6 Å². The summed E-state index contributed by atoms with van der Waals surface area (Å²) in [4.78, 5) is 26.3. The summed E-state index contributed by atoms with van der Waals surface area (Å²) in [6.07, 6.45) is 5.92. The van der Waals surface area contributed by atoms with Crippen molar-refractivity contribution in [2.24, 2.45) is 11.8 Å². The summed E-state index contributed by atoms with van der Waals surface area (Å²) >= 11 is 0. The predicted octanol–water partition coefficient (Wildman–Crippen LogP) is 3.24. The third kappa shape index (κ3) is 4.39. The Kier molecular flexibility index (Phi) is 8.01. The molecule has 2 aliphatic rings.